The molecule has 0 radical (unpaired) electrons. The number of nitrogens with zero attached hydrogens (tertiary/aromatic N) is 1. The summed E-state index contributed by atoms with van der Waals surface area (Å²) in [6, 6.07) is -0.0945. The van der Waals surface area contributed by atoms with Gasteiger partial charge in [-0.05, 0) is 32.7 Å². The molecule has 0 saturated carbocycles. The highest BCUT2D eigenvalue weighted by atomic mass is 16.2. The van der Waals surface area contributed by atoms with Gasteiger partial charge in [-0.3, -0.25) is 4.79 Å². The van der Waals surface area contributed by atoms with Crippen LogP contribution in [0.3, 0.4) is 0 Å². The molecule has 0 aliphatic rings. The fourth-order valence-electron chi connectivity index (χ4n) is 4.04. The zero-order valence-electron chi connectivity index (χ0n) is 21.0. The molecular weight excluding hydrogens is 384 g/mol. The number of hydrazone groups is 1. The molecule has 0 aliphatic heterocycles. The molecule has 184 valence electrons. The van der Waals surface area contributed by atoms with Gasteiger partial charge in [0.15, 0.2) is 0 Å². The van der Waals surface area contributed by atoms with Crippen molar-refractivity contribution in [1.82, 2.24) is 16.1 Å². The van der Waals surface area contributed by atoms with E-state index in [1.165, 1.54) is 96.3 Å². The zero-order chi connectivity index (χ0) is 22.8. The van der Waals surface area contributed by atoms with Gasteiger partial charge in [0.05, 0.1) is 6.04 Å². The Morgan fingerprint density at radius 3 is 1.65 bits per heavy atom. The number of amides is 1. The van der Waals surface area contributed by atoms with Crippen LogP contribution in [0, 0.1) is 0 Å². The molecule has 5 heteroatoms. The summed E-state index contributed by atoms with van der Waals surface area (Å²) in [7, 11) is 0. The highest BCUT2D eigenvalue weighted by Crippen LogP contribution is 2.13. The Balaban J connectivity index is 3.46. The first kappa shape index (κ1) is 29.9. The molecule has 0 heterocycles. The van der Waals surface area contributed by atoms with Gasteiger partial charge in [-0.1, -0.05) is 103 Å². The van der Waals surface area contributed by atoms with Gasteiger partial charge in [-0.2, -0.15) is 5.10 Å². The van der Waals surface area contributed by atoms with Gasteiger partial charge in [-0.15, -0.1) is 0 Å². The zero-order valence-corrected chi connectivity index (χ0v) is 21.0. The van der Waals surface area contributed by atoms with Crippen LogP contribution in [0.25, 0.3) is 0 Å². The lowest BCUT2D eigenvalue weighted by Crippen LogP contribution is -2.44. The quantitative estimate of drug-likeness (QED) is 0.0886. The first-order valence-electron chi connectivity index (χ1n) is 13.5. The highest BCUT2D eigenvalue weighted by molar-refractivity contribution is 5.81. The molecule has 0 bridgehead atoms. The topological polar surface area (TPSA) is 65.5 Å². The number of rotatable bonds is 25. The number of hydrogen-bond donors (Lipinski definition) is 3. The Hall–Kier alpha value is -1.10. The average Bonchev–Trinajstić information content (AvgIpc) is 2.77. The molecule has 31 heavy (non-hydrogen) atoms. The van der Waals surface area contributed by atoms with E-state index in [2.05, 4.69) is 34.8 Å². The van der Waals surface area contributed by atoms with Gasteiger partial charge in [-0.25, -0.2) is 0 Å². The number of carbonyl (C=O) groups excluding carboxylic acids is 1. The molecule has 5 nitrogen and oxygen atoms in total. The van der Waals surface area contributed by atoms with Crippen LogP contribution in [0.5, 0.6) is 0 Å². The Morgan fingerprint density at radius 1 is 0.710 bits per heavy atom. The fourth-order valence-corrected chi connectivity index (χ4v) is 4.04. The summed E-state index contributed by atoms with van der Waals surface area (Å²) in [5.41, 5.74) is 2.85. The van der Waals surface area contributed by atoms with Crippen molar-refractivity contribution in [3.8, 4) is 0 Å². The third-order valence-electron chi connectivity index (χ3n) is 5.98. The van der Waals surface area contributed by atoms with Crippen molar-refractivity contribution >= 4 is 12.6 Å². The van der Waals surface area contributed by atoms with E-state index < -0.39 is 0 Å². The Morgan fingerprint density at radius 2 is 1.19 bits per heavy atom. The number of carbonyl (C=O) groups is 1. The standard InChI is InChI=1S/C26H54N4O/c1-4-6-7-8-9-10-11-12-13-14-15-16-17-18-19-20-23-29-25(26(31)28-5-2)22-21-24-30-27-3/h25,29-30H,3-24H2,1-2H3,(H,28,31). The molecule has 0 aromatic heterocycles. The first-order chi connectivity index (χ1) is 15.3. The van der Waals surface area contributed by atoms with E-state index >= 15 is 0 Å². The van der Waals surface area contributed by atoms with Crippen molar-refractivity contribution in [1.29, 1.82) is 0 Å². The van der Waals surface area contributed by atoms with Crippen molar-refractivity contribution < 1.29 is 4.79 Å². The third-order valence-corrected chi connectivity index (χ3v) is 5.98. The molecule has 0 aromatic rings. The van der Waals surface area contributed by atoms with Gasteiger partial charge >= 0.3 is 0 Å². The summed E-state index contributed by atoms with van der Waals surface area (Å²) in [5.74, 6) is 0.116. The second-order valence-corrected chi connectivity index (χ2v) is 8.91. The van der Waals surface area contributed by atoms with E-state index in [1.807, 2.05) is 6.92 Å². The Labute approximate surface area is 194 Å². The van der Waals surface area contributed by atoms with Crippen LogP contribution in [0.1, 0.15) is 129 Å². The molecule has 0 fully saturated rings. The van der Waals surface area contributed by atoms with Gasteiger partial charge in [0.25, 0.3) is 0 Å². The molecule has 1 unspecified atom stereocenters. The molecule has 0 aliphatic carbocycles. The number of hydrogen-bond acceptors (Lipinski definition) is 4. The van der Waals surface area contributed by atoms with Crippen molar-refractivity contribution in [2.75, 3.05) is 19.6 Å². The van der Waals surface area contributed by atoms with Crippen LogP contribution in [0.15, 0.2) is 5.10 Å². The summed E-state index contributed by atoms with van der Waals surface area (Å²) < 4.78 is 0. The van der Waals surface area contributed by atoms with Crippen molar-refractivity contribution in [2.45, 2.75) is 135 Å². The maximum absolute atomic E-state index is 12.2. The fraction of sp³-hybridized carbons (Fsp3) is 0.923. The van der Waals surface area contributed by atoms with E-state index in [0.29, 0.717) is 6.54 Å². The normalized spacial score (nSPS) is 11.9. The monoisotopic (exact) mass is 438 g/mol. The number of nitrogens with one attached hydrogen (secondary N) is 3. The van der Waals surface area contributed by atoms with E-state index in [9.17, 15) is 4.79 Å². The van der Waals surface area contributed by atoms with Crippen molar-refractivity contribution in [3.05, 3.63) is 0 Å². The predicted molar refractivity (Wildman–Crippen MR) is 137 cm³/mol. The molecule has 1 atom stereocenters. The van der Waals surface area contributed by atoms with Gasteiger partial charge in [0.1, 0.15) is 0 Å². The maximum atomic E-state index is 12.2. The second kappa shape index (κ2) is 25.2. The van der Waals surface area contributed by atoms with Crippen molar-refractivity contribution in [2.24, 2.45) is 5.10 Å². The molecular formula is C26H54N4O. The molecule has 3 N–H and O–H groups in total. The number of unbranched alkanes of at least 4 members (excludes halogenated alkanes) is 15. The summed E-state index contributed by atoms with van der Waals surface area (Å²) in [6.07, 6.45) is 23.9. The van der Waals surface area contributed by atoms with Crippen LogP contribution in [0.4, 0.5) is 0 Å². The second-order valence-electron chi connectivity index (χ2n) is 8.91. The van der Waals surface area contributed by atoms with E-state index in [0.717, 1.165) is 32.4 Å². The number of likely N-dealkylation sites (N-methyl/N-ethyl adjacent to an activating group) is 1. The lowest BCUT2D eigenvalue weighted by atomic mass is 10.0. The summed E-state index contributed by atoms with van der Waals surface area (Å²) >= 11 is 0. The highest BCUT2D eigenvalue weighted by Gasteiger charge is 2.16. The van der Waals surface area contributed by atoms with Crippen LogP contribution in [-0.4, -0.2) is 38.3 Å². The minimum absolute atomic E-state index is 0.0945. The van der Waals surface area contributed by atoms with Crippen LogP contribution >= 0.6 is 0 Å². The average molecular weight is 439 g/mol. The lowest BCUT2D eigenvalue weighted by Gasteiger charge is -2.18. The van der Waals surface area contributed by atoms with Crippen molar-refractivity contribution in [3.63, 3.8) is 0 Å². The molecule has 0 spiro atoms. The summed E-state index contributed by atoms with van der Waals surface area (Å²) in [5, 5.41) is 10.0. The smallest absolute Gasteiger partial charge is 0.237 e. The van der Waals surface area contributed by atoms with Crippen LogP contribution in [0.2, 0.25) is 0 Å². The third kappa shape index (κ3) is 21.9. The van der Waals surface area contributed by atoms with E-state index in [-0.39, 0.29) is 11.9 Å². The molecule has 0 rings (SSSR count). The maximum Gasteiger partial charge on any atom is 0.237 e. The summed E-state index contributed by atoms with van der Waals surface area (Å²) in [4.78, 5) is 12.2. The Bertz CT molecular complexity index is 390. The molecule has 0 saturated heterocycles. The first-order valence-corrected chi connectivity index (χ1v) is 13.5. The molecule has 0 aromatic carbocycles. The van der Waals surface area contributed by atoms with Crippen LogP contribution in [-0.2, 0) is 4.79 Å². The predicted octanol–water partition coefficient (Wildman–Crippen LogP) is 6.33. The van der Waals surface area contributed by atoms with Crippen LogP contribution < -0.4 is 16.1 Å². The van der Waals surface area contributed by atoms with E-state index in [1.54, 1.807) is 0 Å². The lowest BCUT2D eigenvalue weighted by molar-refractivity contribution is -0.123. The SMILES string of the molecule is C=NNCCCC(NCCCCCCCCCCCCCCCCCC)C(=O)NCC. The minimum atomic E-state index is -0.0945. The van der Waals surface area contributed by atoms with Gasteiger partial charge < -0.3 is 16.1 Å². The largest absolute Gasteiger partial charge is 0.355 e. The Kier molecular flexibility index (Phi) is 24.3. The summed E-state index contributed by atoms with van der Waals surface area (Å²) in [6.45, 7) is 10.0. The van der Waals surface area contributed by atoms with Gasteiger partial charge in [0, 0.05) is 19.8 Å². The van der Waals surface area contributed by atoms with E-state index in [4.69, 9.17) is 0 Å². The van der Waals surface area contributed by atoms with Gasteiger partial charge in [0.2, 0.25) is 5.91 Å². The molecule has 1 amide bonds. The minimum Gasteiger partial charge on any atom is -0.355 e.